The van der Waals surface area contributed by atoms with E-state index in [0.29, 0.717) is 34.1 Å². The second kappa shape index (κ2) is 8.36. The minimum absolute atomic E-state index is 0.0525. The van der Waals surface area contributed by atoms with Gasteiger partial charge >= 0.3 is 0 Å². The molecule has 0 N–H and O–H groups in total. The third-order valence-corrected chi connectivity index (χ3v) is 6.69. The molecule has 0 radical (unpaired) electrons. The van der Waals surface area contributed by atoms with E-state index >= 15 is 0 Å². The number of ketones is 1. The van der Waals surface area contributed by atoms with Crippen LogP contribution in [0.1, 0.15) is 27.7 Å². The first-order chi connectivity index (χ1) is 13.4. The van der Waals surface area contributed by atoms with E-state index in [1.807, 2.05) is 20.8 Å². The van der Waals surface area contributed by atoms with Crippen molar-refractivity contribution in [1.29, 1.82) is 0 Å². The number of thiophene rings is 1. The molecule has 6 nitrogen and oxygen atoms in total. The molecule has 0 aliphatic rings. The Morgan fingerprint density at radius 3 is 2.64 bits per heavy atom. The number of hydrogen-bond donors (Lipinski definition) is 0. The summed E-state index contributed by atoms with van der Waals surface area (Å²) in [5.41, 5.74) is 1.38. The number of ether oxygens (including phenoxy) is 2. The monoisotopic (exact) mass is 418 g/mol. The average Bonchev–Trinajstić information content (AvgIpc) is 2.99. The fourth-order valence-corrected chi connectivity index (χ4v) is 4.95. The maximum atomic E-state index is 12.9. The van der Waals surface area contributed by atoms with E-state index in [2.05, 4.69) is 4.98 Å². The first-order valence-electron chi connectivity index (χ1n) is 8.79. The molecule has 28 heavy (non-hydrogen) atoms. The first kappa shape index (κ1) is 20.4. The predicted octanol–water partition coefficient (Wildman–Crippen LogP) is 4.09. The van der Waals surface area contributed by atoms with E-state index in [-0.39, 0.29) is 17.1 Å². The fraction of sp³-hybridized carbons (Fsp3) is 0.350. The summed E-state index contributed by atoms with van der Waals surface area (Å²) in [7, 11) is 3.08. The van der Waals surface area contributed by atoms with Crippen LogP contribution in [-0.2, 0) is 6.54 Å². The molecule has 2 aromatic heterocycles. The minimum Gasteiger partial charge on any atom is -0.497 e. The van der Waals surface area contributed by atoms with Crippen molar-refractivity contribution < 1.29 is 14.3 Å². The smallest absolute Gasteiger partial charge is 0.263 e. The average molecular weight is 419 g/mol. The van der Waals surface area contributed by atoms with Crippen molar-refractivity contribution in [3.63, 3.8) is 0 Å². The maximum absolute atomic E-state index is 12.9. The van der Waals surface area contributed by atoms with Gasteiger partial charge in [-0.3, -0.25) is 14.2 Å². The molecule has 3 aromatic rings. The normalized spacial score (nSPS) is 11.0. The van der Waals surface area contributed by atoms with Gasteiger partial charge in [-0.05, 0) is 44.5 Å². The van der Waals surface area contributed by atoms with Crippen LogP contribution in [0.3, 0.4) is 0 Å². The standard InChI is InChI=1S/C20H22N2O4S2/c1-6-22-19(24)17-11(2)12(3)28-18(17)21-20(22)27-10-15(23)14-9-13(25-4)7-8-16(14)26-5/h7-9H,6,10H2,1-5H3. The van der Waals surface area contributed by atoms with Crippen molar-refractivity contribution in [3.8, 4) is 11.5 Å². The van der Waals surface area contributed by atoms with Gasteiger partial charge in [0, 0.05) is 11.4 Å². The Balaban J connectivity index is 1.94. The van der Waals surface area contributed by atoms with Crippen LogP contribution in [-0.4, -0.2) is 35.3 Å². The molecule has 0 atom stereocenters. The molecule has 0 saturated carbocycles. The van der Waals surface area contributed by atoms with Crippen LogP contribution in [0.15, 0.2) is 28.2 Å². The highest BCUT2D eigenvalue weighted by atomic mass is 32.2. The number of carbonyl (C=O) groups excluding carboxylic acids is 1. The Morgan fingerprint density at radius 2 is 2.00 bits per heavy atom. The highest BCUT2D eigenvalue weighted by molar-refractivity contribution is 7.99. The topological polar surface area (TPSA) is 70.4 Å². The van der Waals surface area contributed by atoms with Gasteiger partial charge in [0.05, 0.1) is 30.9 Å². The second-order valence-electron chi connectivity index (χ2n) is 6.19. The SMILES string of the molecule is CCn1c(SCC(=O)c2cc(OC)ccc2OC)nc2sc(C)c(C)c2c1=O. The fourth-order valence-electron chi connectivity index (χ4n) is 2.94. The summed E-state index contributed by atoms with van der Waals surface area (Å²) in [5.74, 6) is 1.11. The molecule has 0 spiro atoms. The molecule has 8 heteroatoms. The summed E-state index contributed by atoms with van der Waals surface area (Å²) in [6.45, 7) is 6.33. The Morgan fingerprint density at radius 1 is 1.25 bits per heavy atom. The van der Waals surface area contributed by atoms with Gasteiger partial charge < -0.3 is 9.47 Å². The summed E-state index contributed by atoms with van der Waals surface area (Å²) in [6, 6.07) is 5.12. The molecule has 0 fully saturated rings. The van der Waals surface area contributed by atoms with E-state index in [9.17, 15) is 9.59 Å². The molecule has 3 rings (SSSR count). The van der Waals surface area contributed by atoms with Crippen molar-refractivity contribution in [2.75, 3.05) is 20.0 Å². The zero-order valence-electron chi connectivity index (χ0n) is 16.5. The van der Waals surface area contributed by atoms with E-state index in [0.717, 1.165) is 15.3 Å². The Labute approximate surface area is 171 Å². The van der Waals surface area contributed by atoms with E-state index in [4.69, 9.17) is 9.47 Å². The zero-order valence-corrected chi connectivity index (χ0v) is 18.1. The number of methoxy groups -OCH3 is 2. The van der Waals surface area contributed by atoms with Gasteiger partial charge in [0.25, 0.3) is 5.56 Å². The van der Waals surface area contributed by atoms with Gasteiger partial charge in [0.15, 0.2) is 10.9 Å². The molecular formula is C20H22N2O4S2. The van der Waals surface area contributed by atoms with Gasteiger partial charge in [-0.25, -0.2) is 4.98 Å². The van der Waals surface area contributed by atoms with Crippen molar-refractivity contribution in [2.24, 2.45) is 0 Å². The van der Waals surface area contributed by atoms with Crippen molar-refractivity contribution in [1.82, 2.24) is 9.55 Å². The highest BCUT2D eigenvalue weighted by Gasteiger charge is 2.19. The van der Waals surface area contributed by atoms with Crippen LogP contribution in [0.5, 0.6) is 11.5 Å². The number of hydrogen-bond acceptors (Lipinski definition) is 7. The van der Waals surface area contributed by atoms with Crippen LogP contribution in [0.25, 0.3) is 10.2 Å². The van der Waals surface area contributed by atoms with Gasteiger partial charge in [-0.15, -0.1) is 11.3 Å². The molecule has 0 aliphatic heterocycles. The summed E-state index contributed by atoms with van der Waals surface area (Å²) in [4.78, 5) is 32.2. The van der Waals surface area contributed by atoms with E-state index in [1.165, 1.54) is 30.2 Å². The summed E-state index contributed by atoms with van der Waals surface area (Å²) in [5, 5.41) is 1.23. The number of benzene rings is 1. The van der Waals surface area contributed by atoms with Crippen molar-refractivity contribution >= 4 is 39.1 Å². The molecule has 0 unspecified atom stereocenters. The van der Waals surface area contributed by atoms with Crippen LogP contribution >= 0.6 is 23.1 Å². The number of thioether (sulfide) groups is 1. The van der Waals surface area contributed by atoms with Crippen LogP contribution < -0.4 is 15.0 Å². The number of Topliss-reactive ketones (excluding diaryl/α,β-unsaturated/α-hetero) is 1. The lowest BCUT2D eigenvalue weighted by molar-refractivity contribution is 0.101. The van der Waals surface area contributed by atoms with Gasteiger partial charge in [0.2, 0.25) is 0 Å². The summed E-state index contributed by atoms with van der Waals surface area (Å²) < 4.78 is 12.1. The highest BCUT2D eigenvalue weighted by Crippen LogP contribution is 2.30. The Hall–Kier alpha value is -2.32. The third-order valence-electron chi connectivity index (χ3n) is 4.61. The molecule has 0 bridgehead atoms. The number of aromatic nitrogens is 2. The van der Waals surface area contributed by atoms with Gasteiger partial charge in [-0.1, -0.05) is 11.8 Å². The van der Waals surface area contributed by atoms with E-state index < -0.39 is 0 Å². The van der Waals surface area contributed by atoms with E-state index in [1.54, 1.807) is 29.9 Å². The lowest BCUT2D eigenvalue weighted by Gasteiger charge is -2.11. The number of rotatable bonds is 7. The lowest BCUT2D eigenvalue weighted by atomic mass is 10.1. The first-order valence-corrected chi connectivity index (χ1v) is 10.6. The quantitative estimate of drug-likeness (QED) is 0.327. The molecule has 1 aromatic carbocycles. The van der Waals surface area contributed by atoms with Crippen LogP contribution in [0.4, 0.5) is 0 Å². The molecule has 148 valence electrons. The number of carbonyl (C=O) groups is 1. The summed E-state index contributed by atoms with van der Waals surface area (Å²) >= 11 is 2.77. The lowest BCUT2D eigenvalue weighted by Crippen LogP contribution is -2.22. The van der Waals surface area contributed by atoms with Gasteiger partial charge in [0.1, 0.15) is 16.3 Å². The number of aryl methyl sites for hydroxylation is 2. The van der Waals surface area contributed by atoms with Crippen molar-refractivity contribution in [3.05, 3.63) is 44.6 Å². The minimum atomic E-state index is -0.115. The molecule has 2 heterocycles. The molecule has 0 aliphatic carbocycles. The largest absolute Gasteiger partial charge is 0.497 e. The predicted molar refractivity (Wildman–Crippen MR) is 114 cm³/mol. The number of nitrogens with zero attached hydrogens (tertiary/aromatic N) is 2. The summed E-state index contributed by atoms with van der Waals surface area (Å²) in [6.07, 6.45) is 0. The Bertz CT molecular complexity index is 1100. The third kappa shape index (κ3) is 3.66. The zero-order chi connectivity index (χ0) is 20.4. The van der Waals surface area contributed by atoms with Crippen LogP contribution in [0, 0.1) is 13.8 Å². The van der Waals surface area contributed by atoms with Crippen molar-refractivity contribution in [2.45, 2.75) is 32.5 Å². The van der Waals surface area contributed by atoms with Gasteiger partial charge in [-0.2, -0.15) is 0 Å². The number of fused-ring (bicyclic) bond motifs is 1. The molecule has 0 amide bonds. The van der Waals surface area contributed by atoms with Crippen LogP contribution in [0.2, 0.25) is 0 Å². The maximum Gasteiger partial charge on any atom is 0.263 e. The second-order valence-corrected chi connectivity index (χ2v) is 8.33. The Kier molecular flexibility index (Phi) is 6.10. The molecule has 0 saturated heterocycles. The molecular weight excluding hydrogens is 396 g/mol.